The zero-order valence-corrected chi connectivity index (χ0v) is 15.1. The normalized spacial score (nSPS) is 17.7. The van der Waals surface area contributed by atoms with Gasteiger partial charge in [-0.25, -0.2) is 14.8 Å². The van der Waals surface area contributed by atoms with Gasteiger partial charge in [0.05, 0.1) is 5.69 Å². The van der Waals surface area contributed by atoms with E-state index >= 15 is 0 Å². The van der Waals surface area contributed by atoms with Gasteiger partial charge in [-0.05, 0) is 31.9 Å². The second-order valence-electron chi connectivity index (χ2n) is 6.76. The number of aromatic nitrogens is 2. The highest BCUT2D eigenvalue weighted by atomic mass is 16.4. The van der Waals surface area contributed by atoms with Crippen LogP contribution in [0.25, 0.3) is 6.08 Å². The monoisotopic (exact) mass is 352 g/mol. The summed E-state index contributed by atoms with van der Waals surface area (Å²) in [5, 5.41) is 12.1. The molecule has 0 radical (unpaired) electrons. The molecule has 1 aromatic carbocycles. The first-order valence-electron chi connectivity index (χ1n) is 8.78. The molecule has 26 heavy (non-hydrogen) atoms. The first kappa shape index (κ1) is 18.1. The van der Waals surface area contributed by atoms with E-state index in [1.807, 2.05) is 6.92 Å². The number of carboxylic acid groups (broad SMARTS) is 1. The molecule has 0 spiro atoms. The number of carboxylic acids is 1. The van der Waals surface area contributed by atoms with Gasteiger partial charge in [0, 0.05) is 43.5 Å². The number of hydrogen-bond donors (Lipinski definition) is 2. The Bertz CT molecular complexity index is 802. The highest BCUT2D eigenvalue weighted by Gasteiger charge is 2.23. The fraction of sp³-hybridized carbons (Fsp3) is 0.350. The van der Waals surface area contributed by atoms with Crippen molar-refractivity contribution >= 4 is 18.0 Å². The van der Waals surface area contributed by atoms with Crippen LogP contribution in [0.2, 0.25) is 0 Å². The third-order valence-corrected chi connectivity index (χ3v) is 4.56. The minimum absolute atomic E-state index is 0.320. The van der Waals surface area contributed by atoms with Crippen molar-refractivity contribution in [2.75, 3.05) is 18.4 Å². The molecule has 136 valence electrons. The summed E-state index contributed by atoms with van der Waals surface area (Å²) in [4.78, 5) is 21.8. The summed E-state index contributed by atoms with van der Waals surface area (Å²) < 4.78 is 0. The smallest absolute Gasteiger partial charge is 0.328 e. The van der Waals surface area contributed by atoms with Gasteiger partial charge in [0.25, 0.3) is 0 Å². The van der Waals surface area contributed by atoms with Crippen molar-refractivity contribution in [1.29, 1.82) is 0 Å². The Morgan fingerprint density at radius 3 is 2.81 bits per heavy atom. The average molecular weight is 352 g/mol. The van der Waals surface area contributed by atoms with E-state index in [-0.39, 0.29) is 0 Å². The largest absolute Gasteiger partial charge is 0.478 e. The van der Waals surface area contributed by atoms with Crippen LogP contribution in [0, 0.1) is 13.8 Å². The molecule has 1 aliphatic heterocycles. The predicted octanol–water partition coefficient (Wildman–Crippen LogP) is 2.88. The zero-order chi connectivity index (χ0) is 18.5. The summed E-state index contributed by atoms with van der Waals surface area (Å²) in [6.07, 6.45) is 5.32. The fourth-order valence-electron chi connectivity index (χ4n) is 3.10. The number of aryl methyl sites for hydroxylation is 2. The van der Waals surface area contributed by atoms with Crippen LogP contribution >= 0.6 is 0 Å². The Labute approximate surface area is 153 Å². The van der Waals surface area contributed by atoms with Crippen molar-refractivity contribution in [2.24, 2.45) is 0 Å². The van der Waals surface area contributed by atoms with E-state index in [1.165, 1.54) is 17.2 Å². The van der Waals surface area contributed by atoms with Crippen molar-refractivity contribution in [1.82, 2.24) is 14.9 Å². The van der Waals surface area contributed by atoms with Crippen LogP contribution in [0.1, 0.15) is 28.8 Å². The molecule has 3 rings (SSSR count). The van der Waals surface area contributed by atoms with E-state index in [9.17, 15) is 4.79 Å². The van der Waals surface area contributed by atoms with E-state index in [2.05, 4.69) is 51.4 Å². The number of hydrogen-bond acceptors (Lipinski definition) is 5. The second-order valence-corrected chi connectivity index (χ2v) is 6.76. The summed E-state index contributed by atoms with van der Waals surface area (Å²) in [5.41, 5.74) is 4.08. The maximum absolute atomic E-state index is 10.6. The Kier molecular flexibility index (Phi) is 5.63. The predicted molar refractivity (Wildman–Crippen MR) is 102 cm³/mol. The first-order chi connectivity index (χ1) is 12.5. The van der Waals surface area contributed by atoms with E-state index in [4.69, 9.17) is 5.11 Å². The van der Waals surface area contributed by atoms with Crippen molar-refractivity contribution in [3.05, 3.63) is 58.9 Å². The van der Waals surface area contributed by atoms with Crippen LogP contribution in [0.15, 0.2) is 36.5 Å². The van der Waals surface area contributed by atoms with Gasteiger partial charge in [0.15, 0.2) is 0 Å². The van der Waals surface area contributed by atoms with Gasteiger partial charge in [0.2, 0.25) is 5.95 Å². The van der Waals surface area contributed by atoms with Gasteiger partial charge in [-0.3, -0.25) is 4.90 Å². The number of likely N-dealkylation sites (tertiary alicyclic amines) is 1. The average Bonchev–Trinajstić information content (AvgIpc) is 3.03. The number of benzene rings is 1. The van der Waals surface area contributed by atoms with Crippen LogP contribution in [-0.2, 0) is 11.3 Å². The fourth-order valence-corrected chi connectivity index (χ4v) is 3.10. The number of aliphatic carboxylic acids is 1. The lowest BCUT2D eigenvalue weighted by Gasteiger charge is -2.17. The number of anilines is 1. The van der Waals surface area contributed by atoms with Gasteiger partial charge >= 0.3 is 5.97 Å². The van der Waals surface area contributed by atoms with Gasteiger partial charge in [0.1, 0.15) is 0 Å². The Morgan fingerprint density at radius 1 is 1.35 bits per heavy atom. The van der Waals surface area contributed by atoms with Crippen molar-refractivity contribution in [3.63, 3.8) is 0 Å². The third kappa shape index (κ3) is 4.89. The summed E-state index contributed by atoms with van der Waals surface area (Å²) in [7, 11) is 0. The van der Waals surface area contributed by atoms with Crippen LogP contribution in [-0.4, -0.2) is 45.1 Å². The topological polar surface area (TPSA) is 78.4 Å². The van der Waals surface area contributed by atoms with Crippen LogP contribution in [0.4, 0.5) is 5.95 Å². The van der Waals surface area contributed by atoms with Crippen molar-refractivity contribution in [3.8, 4) is 0 Å². The molecule has 0 bridgehead atoms. The van der Waals surface area contributed by atoms with Crippen molar-refractivity contribution < 1.29 is 9.90 Å². The highest BCUT2D eigenvalue weighted by molar-refractivity contribution is 5.85. The first-order valence-corrected chi connectivity index (χ1v) is 8.78. The van der Waals surface area contributed by atoms with Gasteiger partial charge in [-0.2, -0.15) is 0 Å². The SMILES string of the molecule is Cc1ccc(CN2CC[C@@H](Nc3ncc(C=CC(=O)O)c(C)n3)C2)cc1. The number of carbonyl (C=O) groups is 1. The van der Waals surface area contributed by atoms with Gasteiger partial charge in [-0.15, -0.1) is 0 Å². The molecule has 2 aromatic rings. The molecule has 0 aliphatic carbocycles. The maximum Gasteiger partial charge on any atom is 0.328 e. The summed E-state index contributed by atoms with van der Waals surface area (Å²) in [5.74, 6) is -0.386. The van der Waals surface area contributed by atoms with Crippen LogP contribution < -0.4 is 5.32 Å². The highest BCUT2D eigenvalue weighted by Crippen LogP contribution is 2.17. The van der Waals surface area contributed by atoms with Crippen LogP contribution in [0.3, 0.4) is 0 Å². The summed E-state index contributed by atoms with van der Waals surface area (Å²) >= 11 is 0. The van der Waals surface area contributed by atoms with E-state index in [1.54, 1.807) is 6.20 Å². The Hall–Kier alpha value is -2.73. The number of nitrogens with one attached hydrogen (secondary N) is 1. The lowest BCUT2D eigenvalue weighted by Crippen LogP contribution is -2.26. The standard InChI is InChI=1S/C20H24N4O2/c1-14-3-5-16(6-4-14)12-24-10-9-18(13-24)23-20-21-11-17(15(2)22-20)7-8-19(25)26/h3-8,11,18H,9-10,12-13H2,1-2H3,(H,25,26)(H,21,22,23)/t18-/m1/s1. The molecule has 1 aliphatic rings. The molecule has 6 nitrogen and oxygen atoms in total. The number of nitrogens with zero attached hydrogens (tertiary/aromatic N) is 3. The van der Waals surface area contributed by atoms with Crippen LogP contribution in [0.5, 0.6) is 0 Å². The second kappa shape index (κ2) is 8.10. The van der Waals surface area contributed by atoms with E-state index < -0.39 is 5.97 Å². The molecule has 0 saturated carbocycles. The molecule has 1 atom stereocenters. The summed E-state index contributed by atoms with van der Waals surface area (Å²) in [6, 6.07) is 8.99. The quantitative estimate of drug-likeness (QED) is 0.779. The number of rotatable bonds is 6. The lowest BCUT2D eigenvalue weighted by atomic mass is 10.1. The minimum Gasteiger partial charge on any atom is -0.478 e. The molecular formula is C20H24N4O2. The molecule has 6 heteroatoms. The molecular weight excluding hydrogens is 328 g/mol. The van der Waals surface area contributed by atoms with Crippen molar-refractivity contribution in [2.45, 2.75) is 32.9 Å². The molecule has 1 fully saturated rings. The molecule has 1 saturated heterocycles. The lowest BCUT2D eigenvalue weighted by molar-refractivity contribution is -0.131. The summed E-state index contributed by atoms with van der Waals surface area (Å²) in [6.45, 7) is 6.91. The zero-order valence-electron chi connectivity index (χ0n) is 15.1. The van der Waals surface area contributed by atoms with E-state index in [0.717, 1.165) is 37.8 Å². The minimum atomic E-state index is -0.980. The Morgan fingerprint density at radius 2 is 2.12 bits per heavy atom. The Balaban J connectivity index is 1.56. The molecule has 0 unspecified atom stereocenters. The van der Waals surface area contributed by atoms with Gasteiger partial charge < -0.3 is 10.4 Å². The molecule has 2 N–H and O–H groups in total. The molecule has 1 aromatic heterocycles. The van der Waals surface area contributed by atoms with Gasteiger partial charge in [-0.1, -0.05) is 29.8 Å². The van der Waals surface area contributed by atoms with E-state index in [0.29, 0.717) is 17.6 Å². The third-order valence-electron chi connectivity index (χ3n) is 4.56. The maximum atomic E-state index is 10.6. The molecule has 2 heterocycles. The molecule has 0 amide bonds.